The van der Waals surface area contributed by atoms with Gasteiger partial charge in [-0.15, -0.1) is 22.7 Å². The summed E-state index contributed by atoms with van der Waals surface area (Å²) in [5.74, 6) is 0. The van der Waals surface area contributed by atoms with Crippen LogP contribution in [0, 0.1) is 0 Å². The van der Waals surface area contributed by atoms with Crippen molar-refractivity contribution in [3.63, 3.8) is 0 Å². The fourth-order valence-corrected chi connectivity index (χ4v) is 17.1. The number of thiophene rings is 2. The Morgan fingerprint density at radius 2 is 0.574 bits per heavy atom. The van der Waals surface area contributed by atoms with E-state index >= 15 is 0 Å². The van der Waals surface area contributed by atoms with Crippen LogP contribution in [0.15, 0.2) is 336 Å². The van der Waals surface area contributed by atoms with Gasteiger partial charge in [0.25, 0.3) is 0 Å². The van der Waals surface area contributed by atoms with E-state index < -0.39 is 0 Å². The molecule has 0 amide bonds. The van der Waals surface area contributed by atoms with Crippen LogP contribution in [0.1, 0.15) is 0 Å². The van der Waals surface area contributed by atoms with E-state index in [1.165, 1.54) is 107 Å². The fourth-order valence-electron chi connectivity index (χ4n) is 14.5. The second-order valence-electron chi connectivity index (χ2n) is 24.2. The van der Waals surface area contributed by atoms with E-state index in [0.29, 0.717) is 0 Å². The van der Waals surface area contributed by atoms with E-state index in [-0.39, 0.29) is 0 Å². The molecule has 0 N–H and O–H groups in total. The Kier molecular flexibility index (Phi) is 12.6. The lowest BCUT2D eigenvalue weighted by Crippen LogP contribution is -1.93. The summed E-state index contributed by atoms with van der Waals surface area (Å²) in [6, 6.07) is 118. The number of para-hydroxylation sites is 4. The molecule has 6 heterocycles. The smallest absolute Gasteiger partial charge is 0.161 e. The molecule has 6 heteroatoms. The first kappa shape index (κ1) is 54.0. The second kappa shape index (κ2) is 22.0. The lowest BCUT2D eigenvalue weighted by molar-refractivity contribution is 0.672. The minimum atomic E-state index is 0.899. The van der Waals surface area contributed by atoms with E-state index in [2.05, 4.69) is 337 Å². The van der Waals surface area contributed by atoms with Crippen molar-refractivity contribution in [3.05, 3.63) is 328 Å². The molecule has 0 radical (unpaired) electrons. The summed E-state index contributed by atoms with van der Waals surface area (Å²) in [5.41, 5.74) is 25.1. The summed E-state index contributed by atoms with van der Waals surface area (Å²) < 4.78 is 23.2. The lowest BCUT2D eigenvalue weighted by Gasteiger charge is -2.10. The molecule has 440 valence electrons. The zero-order valence-corrected chi connectivity index (χ0v) is 52.3. The van der Waals surface area contributed by atoms with Gasteiger partial charge in [0.05, 0.1) is 21.8 Å². The van der Waals surface area contributed by atoms with Crippen LogP contribution in [0.25, 0.3) is 184 Å². The quantitative estimate of drug-likeness (QED) is 0.152. The molecule has 20 aromatic rings. The van der Waals surface area contributed by atoms with Crippen molar-refractivity contribution in [2.45, 2.75) is 0 Å². The van der Waals surface area contributed by atoms with E-state index in [4.69, 9.17) is 8.83 Å². The number of furan rings is 2. The molecule has 0 aliphatic heterocycles. The predicted molar refractivity (Wildman–Crippen MR) is 400 cm³/mol. The number of aromatic nitrogens is 2. The first-order valence-corrected chi connectivity index (χ1v) is 33.5. The van der Waals surface area contributed by atoms with Gasteiger partial charge in [-0.05, 0) is 140 Å². The number of fused-ring (bicyclic) bond motifs is 16. The molecule has 20 rings (SSSR count). The Morgan fingerprint density at radius 3 is 1.04 bits per heavy atom. The summed E-state index contributed by atoms with van der Waals surface area (Å²) >= 11 is 3.77. The number of hydrogen-bond acceptors (Lipinski definition) is 4. The number of rotatable bonds is 8. The van der Waals surface area contributed by atoms with Gasteiger partial charge in [0.15, 0.2) is 11.2 Å². The van der Waals surface area contributed by atoms with Crippen molar-refractivity contribution >= 4 is 129 Å². The molecule has 0 fully saturated rings. The average Bonchev–Trinajstić information content (AvgIpc) is 1.56. The van der Waals surface area contributed by atoms with Crippen LogP contribution in [0.2, 0.25) is 0 Å². The largest absolute Gasteiger partial charge is 0.454 e. The third-order valence-corrected chi connectivity index (χ3v) is 21.3. The van der Waals surface area contributed by atoms with Crippen molar-refractivity contribution in [1.29, 1.82) is 0 Å². The van der Waals surface area contributed by atoms with E-state index in [9.17, 15) is 0 Å². The van der Waals surface area contributed by atoms with Crippen LogP contribution in [0.3, 0.4) is 0 Å². The molecule has 0 aliphatic rings. The highest BCUT2D eigenvalue weighted by molar-refractivity contribution is 7.27. The minimum absolute atomic E-state index is 0.899. The zero-order valence-electron chi connectivity index (χ0n) is 50.7. The average molecular weight is 1240 g/mol. The Hall–Kier alpha value is -11.8. The SMILES string of the molecule is c1ccc(-c2ccc3c(c2)sc2cc(-c4ccc(-c5cccc6oc7c8ccccc8n(-c8ccccc8)c7c56)cc4)ccc23)cc1.c1ccc(-c2cccc3c2sc2c(-c4ccc(-c5cccc6oc7c8ccccc8n(-c8ccccc8)c7c56)cc4)cccc23)cc1. The van der Waals surface area contributed by atoms with Gasteiger partial charge in [-0.3, -0.25) is 0 Å². The van der Waals surface area contributed by atoms with E-state index in [1.807, 2.05) is 22.7 Å². The molecule has 0 saturated carbocycles. The molecule has 0 bridgehead atoms. The van der Waals surface area contributed by atoms with Crippen molar-refractivity contribution in [2.75, 3.05) is 0 Å². The number of hydrogen-bond donors (Lipinski definition) is 0. The number of nitrogens with zero attached hydrogens (tertiary/aromatic N) is 2. The van der Waals surface area contributed by atoms with Gasteiger partial charge < -0.3 is 18.0 Å². The normalized spacial score (nSPS) is 11.8. The molecule has 0 aliphatic carbocycles. The fraction of sp³-hybridized carbons (Fsp3) is 0. The lowest BCUT2D eigenvalue weighted by atomic mass is 9.97. The topological polar surface area (TPSA) is 36.1 Å². The molecule has 0 spiro atoms. The van der Waals surface area contributed by atoms with Crippen molar-refractivity contribution in [2.24, 2.45) is 0 Å². The minimum Gasteiger partial charge on any atom is -0.454 e. The van der Waals surface area contributed by atoms with Crippen LogP contribution in [-0.2, 0) is 0 Å². The molecular formula is C88H54N2O2S2. The Labute approximate surface area is 548 Å². The van der Waals surface area contributed by atoms with Gasteiger partial charge >= 0.3 is 0 Å². The first-order valence-electron chi connectivity index (χ1n) is 31.9. The number of benzene rings is 14. The Morgan fingerprint density at radius 1 is 0.234 bits per heavy atom. The molecule has 0 saturated heterocycles. The molecule has 14 aromatic carbocycles. The van der Waals surface area contributed by atoms with E-state index in [0.717, 1.165) is 77.3 Å². The molecule has 4 nitrogen and oxygen atoms in total. The highest BCUT2D eigenvalue weighted by Crippen LogP contribution is 2.48. The summed E-state index contributed by atoms with van der Waals surface area (Å²) in [6.45, 7) is 0. The van der Waals surface area contributed by atoms with Crippen LogP contribution in [0.4, 0.5) is 0 Å². The van der Waals surface area contributed by atoms with E-state index in [1.54, 1.807) is 0 Å². The molecule has 0 unspecified atom stereocenters. The van der Waals surface area contributed by atoms with Gasteiger partial charge in [0.2, 0.25) is 0 Å². The van der Waals surface area contributed by atoms with Crippen molar-refractivity contribution in [1.82, 2.24) is 9.13 Å². The third-order valence-electron chi connectivity index (χ3n) is 18.9. The summed E-state index contributed by atoms with van der Waals surface area (Å²) in [6.07, 6.45) is 0. The summed E-state index contributed by atoms with van der Waals surface area (Å²) in [5, 5.41) is 9.77. The summed E-state index contributed by atoms with van der Waals surface area (Å²) in [7, 11) is 0. The van der Waals surface area contributed by atoms with Gasteiger partial charge in [-0.1, -0.05) is 255 Å². The maximum atomic E-state index is 6.62. The van der Waals surface area contributed by atoms with Crippen LogP contribution in [-0.4, -0.2) is 9.13 Å². The Bertz CT molecular complexity index is 6310. The van der Waals surface area contributed by atoms with Gasteiger partial charge in [0.1, 0.15) is 22.2 Å². The third kappa shape index (κ3) is 8.72. The molecule has 6 aromatic heterocycles. The van der Waals surface area contributed by atoms with Crippen LogP contribution < -0.4 is 0 Å². The standard InChI is InChI=1S/2C44H27NOS/c1-3-12-28(13-4-1)33-18-9-20-35-36-21-10-19-34(44(36)47-43(33)35)30-26-24-29(25-27-30)32-17-11-23-39-40(32)41-42(46-39)37-16-7-8-22-38(37)45(41)31-14-5-2-6-15-31;1-3-10-28(11-4-1)31-22-24-35-36-25-23-32(27-41(36)47-40(35)26-31)29-18-20-30(21-19-29)34-15-9-17-39-42(34)43-44(46-39)37-14-7-8-16-38(37)45(43)33-12-5-2-6-13-33/h2*1-27H. The Balaban J connectivity index is 0.000000133. The van der Waals surface area contributed by atoms with Gasteiger partial charge in [0, 0.05) is 62.5 Å². The van der Waals surface area contributed by atoms with Gasteiger partial charge in [-0.25, -0.2) is 0 Å². The molecule has 0 atom stereocenters. The highest BCUT2D eigenvalue weighted by atomic mass is 32.1. The maximum Gasteiger partial charge on any atom is 0.161 e. The second-order valence-corrected chi connectivity index (χ2v) is 26.3. The first-order chi connectivity index (χ1) is 46.6. The zero-order chi connectivity index (χ0) is 61.8. The maximum absolute atomic E-state index is 6.62. The molecule has 94 heavy (non-hydrogen) atoms. The monoisotopic (exact) mass is 1230 g/mol. The molecular weight excluding hydrogens is 1180 g/mol. The van der Waals surface area contributed by atoms with Crippen molar-refractivity contribution in [3.8, 4) is 78.1 Å². The summed E-state index contributed by atoms with van der Waals surface area (Å²) in [4.78, 5) is 0. The van der Waals surface area contributed by atoms with Crippen LogP contribution >= 0.6 is 22.7 Å². The highest BCUT2D eigenvalue weighted by Gasteiger charge is 2.24. The predicted octanol–water partition coefficient (Wildman–Crippen LogP) is 25.8. The van der Waals surface area contributed by atoms with Crippen LogP contribution in [0.5, 0.6) is 0 Å². The van der Waals surface area contributed by atoms with Gasteiger partial charge in [-0.2, -0.15) is 0 Å². The van der Waals surface area contributed by atoms with Crippen molar-refractivity contribution < 1.29 is 8.83 Å².